The number of hydrogen-bond donors (Lipinski definition) is 0. The molecule has 4 aromatic rings. The van der Waals surface area contributed by atoms with Crippen molar-refractivity contribution in [2.45, 2.75) is 0 Å². The molecule has 0 aromatic carbocycles. The smallest absolute Gasteiger partial charge is 0.123 e. The van der Waals surface area contributed by atoms with Crippen LogP contribution in [0.25, 0.3) is 20.3 Å². The van der Waals surface area contributed by atoms with E-state index in [1.807, 2.05) is 30.7 Å². The van der Waals surface area contributed by atoms with Gasteiger partial charge in [0.1, 0.15) is 4.83 Å². The molecular formula is C14H10N2S2. The molecule has 0 aliphatic heterocycles. The van der Waals surface area contributed by atoms with E-state index in [9.17, 15) is 0 Å². The Balaban J connectivity index is 0.000000111. The number of nitrogens with zero attached hydrogens (tertiary/aromatic N) is 2. The van der Waals surface area contributed by atoms with Gasteiger partial charge in [0.25, 0.3) is 0 Å². The van der Waals surface area contributed by atoms with Crippen molar-refractivity contribution in [2.24, 2.45) is 0 Å². The van der Waals surface area contributed by atoms with E-state index in [-0.39, 0.29) is 0 Å². The standard InChI is InChI=1S/2C7H5NS/c1-3-8-5-7-6(1)2-4-9-7;1-2-6-3-5-9-7(6)8-4-1/h2*1-5H. The minimum atomic E-state index is 1.12. The monoisotopic (exact) mass is 270 g/mol. The Morgan fingerprint density at radius 2 is 1.72 bits per heavy atom. The van der Waals surface area contributed by atoms with Crippen LogP contribution < -0.4 is 0 Å². The summed E-state index contributed by atoms with van der Waals surface area (Å²) in [5, 5.41) is 6.65. The first-order valence-corrected chi connectivity index (χ1v) is 7.25. The number of aromatic nitrogens is 2. The van der Waals surface area contributed by atoms with Crippen LogP contribution in [0.15, 0.2) is 59.7 Å². The Morgan fingerprint density at radius 1 is 0.833 bits per heavy atom. The number of rotatable bonds is 0. The van der Waals surface area contributed by atoms with Crippen LogP contribution in [0, 0.1) is 0 Å². The van der Waals surface area contributed by atoms with Crippen LogP contribution in [0.1, 0.15) is 0 Å². The van der Waals surface area contributed by atoms with Crippen LogP contribution in [0.2, 0.25) is 0 Å². The van der Waals surface area contributed by atoms with Gasteiger partial charge in [0.2, 0.25) is 0 Å². The summed E-state index contributed by atoms with van der Waals surface area (Å²) in [7, 11) is 0. The van der Waals surface area contributed by atoms with Crippen molar-refractivity contribution in [3.63, 3.8) is 0 Å². The van der Waals surface area contributed by atoms with Gasteiger partial charge >= 0.3 is 0 Å². The van der Waals surface area contributed by atoms with E-state index in [2.05, 4.69) is 38.9 Å². The first kappa shape index (κ1) is 11.3. The van der Waals surface area contributed by atoms with Crippen LogP contribution in [-0.4, -0.2) is 9.97 Å². The van der Waals surface area contributed by atoms with Crippen LogP contribution in [0.4, 0.5) is 0 Å². The van der Waals surface area contributed by atoms with Gasteiger partial charge in [-0.3, -0.25) is 4.98 Å². The molecule has 4 aromatic heterocycles. The molecule has 2 nitrogen and oxygen atoms in total. The molecule has 0 N–H and O–H groups in total. The Labute approximate surface area is 113 Å². The van der Waals surface area contributed by atoms with Crippen molar-refractivity contribution < 1.29 is 0 Å². The van der Waals surface area contributed by atoms with E-state index >= 15 is 0 Å². The third-order valence-corrected chi connectivity index (χ3v) is 4.19. The molecule has 0 unspecified atom stereocenters. The number of pyridine rings is 2. The molecule has 4 heteroatoms. The van der Waals surface area contributed by atoms with E-state index in [1.165, 1.54) is 15.5 Å². The lowest BCUT2D eigenvalue weighted by atomic mass is 10.3. The Kier molecular flexibility index (Phi) is 3.30. The van der Waals surface area contributed by atoms with Crippen molar-refractivity contribution in [1.82, 2.24) is 9.97 Å². The zero-order valence-electron chi connectivity index (χ0n) is 9.48. The van der Waals surface area contributed by atoms with Crippen LogP contribution >= 0.6 is 22.7 Å². The normalized spacial score (nSPS) is 10.2. The largest absolute Gasteiger partial charge is 0.263 e. The van der Waals surface area contributed by atoms with Crippen molar-refractivity contribution in [3.8, 4) is 0 Å². The zero-order valence-corrected chi connectivity index (χ0v) is 11.1. The summed E-state index contributed by atoms with van der Waals surface area (Å²) in [6, 6.07) is 10.2. The van der Waals surface area contributed by atoms with E-state index in [0.717, 1.165) is 4.83 Å². The summed E-state index contributed by atoms with van der Waals surface area (Å²) in [4.78, 5) is 9.28. The van der Waals surface area contributed by atoms with Gasteiger partial charge < -0.3 is 0 Å². The highest BCUT2D eigenvalue weighted by molar-refractivity contribution is 7.17. The first-order valence-electron chi connectivity index (χ1n) is 5.49. The quantitative estimate of drug-likeness (QED) is 0.467. The van der Waals surface area contributed by atoms with Crippen LogP contribution in [0.5, 0.6) is 0 Å². The van der Waals surface area contributed by atoms with Gasteiger partial charge in [-0.1, -0.05) is 6.07 Å². The summed E-state index contributed by atoms with van der Waals surface area (Å²) < 4.78 is 1.26. The van der Waals surface area contributed by atoms with Crippen LogP contribution in [-0.2, 0) is 0 Å². The molecule has 0 fully saturated rings. The summed E-state index contributed by atoms with van der Waals surface area (Å²) in [5.74, 6) is 0. The predicted octanol–water partition coefficient (Wildman–Crippen LogP) is 4.59. The molecule has 0 aliphatic rings. The fourth-order valence-electron chi connectivity index (χ4n) is 1.61. The average molecular weight is 270 g/mol. The van der Waals surface area contributed by atoms with Gasteiger partial charge in [0, 0.05) is 24.0 Å². The van der Waals surface area contributed by atoms with Crippen molar-refractivity contribution in [2.75, 3.05) is 0 Å². The number of thiophene rings is 2. The molecule has 0 bridgehead atoms. The van der Waals surface area contributed by atoms with Crippen molar-refractivity contribution in [1.29, 1.82) is 0 Å². The molecule has 18 heavy (non-hydrogen) atoms. The van der Waals surface area contributed by atoms with Gasteiger partial charge in [-0.2, -0.15) is 0 Å². The maximum atomic E-state index is 4.16. The van der Waals surface area contributed by atoms with Crippen molar-refractivity contribution >= 4 is 43.0 Å². The summed E-state index contributed by atoms with van der Waals surface area (Å²) in [6.45, 7) is 0. The summed E-state index contributed by atoms with van der Waals surface area (Å²) >= 11 is 3.40. The SMILES string of the molecule is c1cc2ccsc2cn1.c1cnc2sccc2c1. The molecule has 0 saturated carbocycles. The number of hydrogen-bond acceptors (Lipinski definition) is 4. The average Bonchev–Trinajstić information content (AvgIpc) is 3.08. The fraction of sp³-hybridized carbons (Fsp3) is 0. The second kappa shape index (κ2) is 5.25. The van der Waals surface area contributed by atoms with E-state index in [4.69, 9.17) is 0 Å². The third kappa shape index (κ3) is 2.39. The first-order chi connectivity index (χ1) is 8.93. The second-order valence-corrected chi connectivity index (χ2v) is 5.49. The molecule has 0 spiro atoms. The lowest BCUT2D eigenvalue weighted by molar-refractivity contribution is 1.37. The summed E-state index contributed by atoms with van der Waals surface area (Å²) in [5.41, 5.74) is 0. The molecule has 0 atom stereocenters. The maximum Gasteiger partial charge on any atom is 0.123 e. The topological polar surface area (TPSA) is 25.8 Å². The highest BCUT2D eigenvalue weighted by Crippen LogP contribution is 2.17. The van der Waals surface area contributed by atoms with Gasteiger partial charge in [0.15, 0.2) is 0 Å². The minimum Gasteiger partial charge on any atom is -0.263 e. The highest BCUT2D eigenvalue weighted by Gasteiger charge is 1.90. The lowest BCUT2D eigenvalue weighted by Gasteiger charge is -1.81. The fourth-order valence-corrected chi connectivity index (χ4v) is 3.10. The second-order valence-electron chi connectivity index (χ2n) is 3.65. The molecule has 0 aliphatic carbocycles. The Morgan fingerprint density at radius 3 is 2.61 bits per heavy atom. The summed E-state index contributed by atoms with van der Waals surface area (Å²) in [6.07, 6.45) is 5.52. The van der Waals surface area contributed by atoms with Gasteiger partial charge in [-0.05, 0) is 40.4 Å². The third-order valence-electron chi connectivity index (χ3n) is 2.49. The molecule has 0 radical (unpaired) electrons. The van der Waals surface area contributed by atoms with E-state index in [1.54, 1.807) is 22.7 Å². The number of fused-ring (bicyclic) bond motifs is 2. The van der Waals surface area contributed by atoms with Gasteiger partial charge in [0.05, 0.1) is 4.70 Å². The van der Waals surface area contributed by atoms with E-state index < -0.39 is 0 Å². The maximum absolute atomic E-state index is 4.16. The molecule has 88 valence electrons. The molecule has 4 heterocycles. The minimum absolute atomic E-state index is 1.12. The zero-order chi connectivity index (χ0) is 12.2. The molecule has 0 saturated heterocycles. The Bertz CT molecular complexity index is 632. The van der Waals surface area contributed by atoms with Crippen molar-refractivity contribution in [3.05, 3.63) is 59.7 Å². The highest BCUT2D eigenvalue weighted by atomic mass is 32.1. The molecular weight excluding hydrogens is 260 g/mol. The Hall–Kier alpha value is -1.78. The molecule has 4 rings (SSSR count). The van der Waals surface area contributed by atoms with E-state index in [0.29, 0.717) is 0 Å². The lowest BCUT2D eigenvalue weighted by Crippen LogP contribution is -1.65. The predicted molar refractivity (Wildman–Crippen MR) is 79.2 cm³/mol. The molecule has 0 amide bonds. The van der Waals surface area contributed by atoms with Crippen LogP contribution in [0.3, 0.4) is 0 Å². The van der Waals surface area contributed by atoms with Gasteiger partial charge in [-0.15, -0.1) is 22.7 Å². The van der Waals surface area contributed by atoms with Gasteiger partial charge in [-0.25, -0.2) is 4.98 Å².